The lowest BCUT2D eigenvalue weighted by molar-refractivity contribution is 0.322. The second-order valence-corrected chi connectivity index (χ2v) is 6.69. The van der Waals surface area contributed by atoms with Gasteiger partial charge in [-0.2, -0.15) is 0 Å². The highest BCUT2D eigenvalue weighted by Crippen LogP contribution is 2.26. The van der Waals surface area contributed by atoms with E-state index in [-0.39, 0.29) is 11.9 Å². The van der Waals surface area contributed by atoms with Gasteiger partial charge in [-0.15, -0.1) is 0 Å². The Morgan fingerprint density at radius 2 is 2.09 bits per heavy atom. The monoisotopic (exact) mass is 336 g/mol. The molecule has 1 atom stereocenters. The molecular weight excluding hydrogens is 317 g/mol. The van der Waals surface area contributed by atoms with Crippen molar-refractivity contribution < 1.29 is 13.2 Å². The van der Waals surface area contributed by atoms with Crippen LogP contribution in [0.15, 0.2) is 30.5 Å². The highest BCUT2D eigenvalue weighted by molar-refractivity contribution is 7.77. The Labute approximate surface area is 137 Å². The zero-order chi connectivity index (χ0) is 16.2. The van der Waals surface area contributed by atoms with Crippen molar-refractivity contribution in [1.82, 2.24) is 9.71 Å². The molecule has 1 heterocycles. The molecule has 7 heteroatoms. The van der Waals surface area contributed by atoms with Gasteiger partial charge in [0.25, 0.3) is 0 Å². The number of hydrogen-bond donors (Lipinski definition) is 2. The highest BCUT2D eigenvalue weighted by Gasteiger charge is 2.21. The highest BCUT2D eigenvalue weighted by atomic mass is 32.2. The summed E-state index contributed by atoms with van der Waals surface area (Å²) in [6.45, 7) is 0.762. The van der Waals surface area contributed by atoms with Gasteiger partial charge in [0.2, 0.25) is 0 Å². The Balaban J connectivity index is 1.56. The molecule has 23 heavy (non-hydrogen) atoms. The van der Waals surface area contributed by atoms with Gasteiger partial charge in [-0.05, 0) is 49.8 Å². The number of nitrogens with one attached hydrogen (secondary N) is 2. The van der Waals surface area contributed by atoms with Crippen LogP contribution in [0, 0.1) is 11.7 Å². The third kappa shape index (κ3) is 4.25. The minimum absolute atomic E-state index is 0.0498. The summed E-state index contributed by atoms with van der Waals surface area (Å²) in [5, 5.41) is 4.07. The molecule has 1 aromatic heterocycles. The first-order valence-corrected chi connectivity index (χ1v) is 8.83. The largest absolute Gasteiger partial charge is 0.760 e. The quantitative estimate of drug-likeness (QED) is 0.823. The maximum atomic E-state index is 14.0. The first-order valence-electron chi connectivity index (χ1n) is 7.75. The van der Waals surface area contributed by atoms with E-state index in [0.29, 0.717) is 11.4 Å². The van der Waals surface area contributed by atoms with Crippen molar-refractivity contribution in [2.24, 2.45) is 5.92 Å². The number of halogens is 1. The number of pyridine rings is 1. The number of hydrogen-bond acceptors (Lipinski definition) is 4. The van der Waals surface area contributed by atoms with E-state index in [1.807, 2.05) is 12.1 Å². The fraction of sp³-hybridized carbons (Fsp3) is 0.438. The average molecular weight is 336 g/mol. The van der Waals surface area contributed by atoms with Crippen LogP contribution in [-0.2, 0) is 11.3 Å². The van der Waals surface area contributed by atoms with Gasteiger partial charge in [0.05, 0.1) is 0 Å². The van der Waals surface area contributed by atoms with E-state index >= 15 is 0 Å². The average Bonchev–Trinajstić information content (AvgIpc) is 2.54. The summed E-state index contributed by atoms with van der Waals surface area (Å²) in [5.41, 5.74) is 1.14. The first kappa shape index (κ1) is 16.3. The standard InChI is InChI=1S/C16H20FN3O2S/c17-15-9-14(8-12-2-1-7-18-16(12)15)19-10-11-3-5-13(6-4-11)20-23(21)22/h1-2,7-9,11,13,19-20H,3-6,10H2,(H,21,22)/p-1. The Morgan fingerprint density at radius 1 is 1.30 bits per heavy atom. The summed E-state index contributed by atoms with van der Waals surface area (Å²) in [5.74, 6) is 0.150. The molecule has 0 saturated heterocycles. The van der Waals surface area contributed by atoms with Crippen LogP contribution >= 0.6 is 0 Å². The molecule has 2 aromatic rings. The minimum atomic E-state index is -2.19. The lowest BCUT2D eigenvalue weighted by Crippen LogP contribution is -2.35. The lowest BCUT2D eigenvalue weighted by Gasteiger charge is -2.29. The molecular formula is C16H19FN3O2S-. The van der Waals surface area contributed by atoms with Crippen LogP contribution in [0.5, 0.6) is 0 Å². The van der Waals surface area contributed by atoms with Gasteiger partial charge in [-0.25, -0.2) is 9.11 Å². The SMILES string of the molecule is O=S([O-])NC1CCC(CNc2cc(F)c3ncccc3c2)CC1. The van der Waals surface area contributed by atoms with Gasteiger partial charge in [0.1, 0.15) is 5.52 Å². The van der Waals surface area contributed by atoms with E-state index < -0.39 is 11.3 Å². The van der Waals surface area contributed by atoms with Crippen LogP contribution < -0.4 is 10.0 Å². The van der Waals surface area contributed by atoms with Gasteiger partial charge in [-0.1, -0.05) is 6.07 Å². The van der Waals surface area contributed by atoms with Crippen molar-refractivity contribution in [2.45, 2.75) is 31.7 Å². The molecule has 1 saturated carbocycles. The van der Waals surface area contributed by atoms with Gasteiger partial charge in [-0.3, -0.25) is 9.19 Å². The summed E-state index contributed by atoms with van der Waals surface area (Å²) in [6, 6.07) is 7.06. The van der Waals surface area contributed by atoms with Gasteiger partial charge in [0.15, 0.2) is 5.82 Å². The van der Waals surface area contributed by atoms with Crippen LogP contribution in [0.2, 0.25) is 0 Å². The van der Waals surface area contributed by atoms with Crippen molar-refractivity contribution in [1.29, 1.82) is 0 Å². The van der Waals surface area contributed by atoms with Crippen LogP contribution in [0.1, 0.15) is 25.7 Å². The molecule has 1 aromatic carbocycles. The molecule has 5 nitrogen and oxygen atoms in total. The van der Waals surface area contributed by atoms with Crippen molar-refractivity contribution in [3.8, 4) is 0 Å². The molecule has 0 spiro atoms. The fourth-order valence-corrected chi connectivity index (χ4v) is 3.64. The topological polar surface area (TPSA) is 77.1 Å². The first-order chi connectivity index (χ1) is 11.1. The summed E-state index contributed by atoms with van der Waals surface area (Å²) < 4.78 is 37.8. The predicted octanol–water partition coefficient (Wildman–Crippen LogP) is 2.73. The third-order valence-electron chi connectivity index (χ3n) is 4.36. The molecule has 1 fully saturated rings. The van der Waals surface area contributed by atoms with E-state index in [9.17, 15) is 13.2 Å². The van der Waals surface area contributed by atoms with E-state index in [4.69, 9.17) is 0 Å². The van der Waals surface area contributed by atoms with E-state index in [2.05, 4.69) is 15.0 Å². The molecule has 124 valence electrons. The number of anilines is 1. The number of aromatic nitrogens is 1. The molecule has 1 aliphatic carbocycles. The maximum absolute atomic E-state index is 14.0. The molecule has 0 bridgehead atoms. The smallest absolute Gasteiger partial charge is 0.151 e. The molecule has 0 amide bonds. The summed E-state index contributed by atoms with van der Waals surface area (Å²) >= 11 is -2.19. The van der Waals surface area contributed by atoms with Crippen molar-refractivity contribution >= 4 is 27.9 Å². The normalized spacial score (nSPS) is 22.9. The Hall–Kier alpha value is -1.57. The molecule has 0 radical (unpaired) electrons. The maximum Gasteiger partial charge on any atom is 0.151 e. The lowest BCUT2D eigenvalue weighted by atomic mass is 9.86. The number of benzene rings is 1. The van der Waals surface area contributed by atoms with Gasteiger partial charge < -0.3 is 9.87 Å². The van der Waals surface area contributed by atoms with Crippen molar-refractivity contribution in [2.75, 3.05) is 11.9 Å². The number of nitrogens with zero attached hydrogens (tertiary/aromatic N) is 1. The van der Waals surface area contributed by atoms with Crippen LogP contribution in [0.3, 0.4) is 0 Å². The van der Waals surface area contributed by atoms with Crippen LogP contribution in [-0.4, -0.2) is 26.3 Å². The van der Waals surface area contributed by atoms with Gasteiger partial charge >= 0.3 is 0 Å². The Kier molecular flexibility index (Phi) is 5.20. The summed E-state index contributed by atoms with van der Waals surface area (Å²) in [6.07, 6.45) is 5.19. The predicted molar refractivity (Wildman–Crippen MR) is 88.0 cm³/mol. The summed E-state index contributed by atoms with van der Waals surface area (Å²) in [7, 11) is 0. The molecule has 3 rings (SSSR count). The number of rotatable bonds is 5. The molecule has 0 aliphatic heterocycles. The number of fused-ring (bicyclic) bond motifs is 1. The minimum Gasteiger partial charge on any atom is -0.760 e. The van der Waals surface area contributed by atoms with Crippen LogP contribution in [0.25, 0.3) is 10.9 Å². The van der Waals surface area contributed by atoms with E-state index in [0.717, 1.165) is 43.3 Å². The second-order valence-electron chi connectivity index (χ2n) is 5.98. The molecule has 2 N–H and O–H groups in total. The summed E-state index contributed by atoms with van der Waals surface area (Å²) in [4.78, 5) is 4.04. The van der Waals surface area contributed by atoms with Crippen LogP contribution in [0.4, 0.5) is 10.1 Å². The Bertz CT molecular complexity index is 705. The molecule has 1 unspecified atom stereocenters. The fourth-order valence-electron chi connectivity index (χ4n) is 3.13. The van der Waals surface area contributed by atoms with Crippen molar-refractivity contribution in [3.63, 3.8) is 0 Å². The van der Waals surface area contributed by atoms with E-state index in [1.165, 1.54) is 6.07 Å². The second kappa shape index (κ2) is 7.33. The van der Waals surface area contributed by atoms with E-state index in [1.54, 1.807) is 12.3 Å². The van der Waals surface area contributed by atoms with Crippen molar-refractivity contribution in [3.05, 3.63) is 36.3 Å². The zero-order valence-electron chi connectivity index (χ0n) is 12.6. The molecule has 1 aliphatic rings. The third-order valence-corrected chi connectivity index (χ3v) is 4.89. The van der Waals surface area contributed by atoms with Gasteiger partial charge in [0, 0.05) is 41.1 Å². The Morgan fingerprint density at radius 3 is 2.83 bits per heavy atom. The zero-order valence-corrected chi connectivity index (χ0v) is 13.4.